The van der Waals surface area contributed by atoms with Crippen molar-refractivity contribution in [3.8, 4) is 11.5 Å². The Kier molecular flexibility index (Phi) is 5.31. The fraction of sp³-hybridized carbons (Fsp3) is 0.348. The van der Waals surface area contributed by atoms with Gasteiger partial charge in [0.05, 0.1) is 14.2 Å². The summed E-state index contributed by atoms with van der Waals surface area (Å²) in [7, 11) is 3.15. The molecule has 31 heavy (non-hydrogen) atoms. The Labute approximate surface area is 180 Å². The number of carbonyl (C=O) groups excluding carboxylic acids is 3. The number of nitrogens with one attached hydrogen (secondary N) is 1. The van der Waals surface area contributed by atoms with Crippen LogP contribution in [-0.4, -0.2) is 55.0 Å². The van der Waals surface area contributed by atoms with Gasteiger partial charge in [-0.05, 0) is 42.2 Å². The Morgan fingerprint density at radius 1 is 1.06 bits per heavy atom. The molecule has 2 aliphatic rings. The number of amides is 4. The SMILES string of the molecule is COc1cc2c(cc1OC)CN(C(=O)CN1C(=O)NC(C)(c3ccccc3)C1=O)CC2. The highest BCUT2D eigenvalue weighted by Crippen LogP contribution is 2.33. The van der Waals surface area contributed by atoms with E-state index >= 15 is 0 Å². The highest BCUT2D eigenvalue weighted by Gasteiger charge is 2.49. The molecule has 1 saturated heterocycles. The van der Waals surface area contributed by atoms with Crippen molar-refractivity contribution in [3.05, 3.63) is 59.2 Å². The highest BCUT2D eigenvalue weighted by molar-refractivity contribution is 6.09. The first kappa shape index (κ1) is 20.7. The largest absolute Gasteiger partial charge is 0.493 e. The van der Waals surface area contributed by atoms with Crippen LogP contribution in [-0.2, 0) is 28.1 Å². The lowest BCUT2D eigenvalue weighted by Crippen LogP contribution is -2.45. The van der Waals surface area contributed by atoms with E-state index in [0.717, 1.165) is 16.0 Å². The van der Waals surface area contributed by atoms with E-state index in [0.29, 0.717) is 36.6 Å². The van der Waals surface area contributed by atoms with Crippen LogP contribution in [0, 0.1) is 0 Å². The summed E-state index contributed by atoms with van der Waals surface area (Å²) in [6.07, 6.45) is 0.656. The molecule has 4 amide bonds. The topological polar surface area (TPSA) is 88.2 Å². The number of carbonyl (C=O) groups is 3. The fourth-order valence-electron chi connectivity index (χ4n) is 4.14. The lowest BCUT2D eigenvalue weighted by atomic mass is 9.92. The van der Waals surface area contributed by atoms with Crippen LogP contribution in [0.1, 0.15) is 23.6 Å². The maximum atomic E-state index is 13.1. The van der Waals surface area contributed by atoms with Gasteiger partial charge in [-0.3, -0.25) is 14.5 Å². The monoisotopic (exact) mass is 423 g/mol. The number of methoxy groups -OCH3 is 2. The van der Waals surface area contributed by atoms with Crippen LogP contribution in [0.3, 0.4) is 0 Å². The molecule has 2 aromatic carbocycles. The zero-order valence-electron chi connectivity index (χ0n) is 17.8. The van der Waals surface area contributed by atoms with Gasteiger partial charge in [0.25, 0.3) is 5.91 Å². The number of hydrogen-bond acceptors (Lipinski definition) is 5. The number of urea groups is 1. The van der Waals surface area contributed by atoms with Crippen molar-refractivity contribution < 1.29 is 23.9 Å². The van der Waals surface area contributed by atoms with Crippen molar-refractivity contribution in [3.63, 3.8) is 0 Å². The first-order valence-corrected chi connectivity index (χ1v) is 10.1. The Hall–Kier alpha value is -3.55. The lowest BCUT2D eigenvalue weighted by Gasteiger charge is -2.30. The number of nitrogens with zero attached hydrogens (tertiary/aromatic N) is 2. The number of fused-ring (bicyclic) bond motifs is 1. The Balaban J connectivity index is 1.49. The predicted octanol–water partition coefficient (Wildman–Crippen LogP) is 2.06. The average molecular weight is 423 g/mol. The smallest absolute Gasteiger partial charge is 0.325 e. The van der Waals surface area contributed by atoms with Crippen molar-refractivity contribution >= 4 is 17.8 Å². The Morgan fingerprint density at radius 2 is 1.71 bits per heavy atom. The lowest BCUT2D eigenvalue weighted by molar-refractivity contribution is -0.139. The van der Waals surface area contributed by atoms with E-state index in [4.69, 9.17) is 9.47 Å². The molecule has 2 heterocycles. The van der Waals surface area contributed by atoms with Crippen molar-refractivity contribution in [2.45, 2.75) is 25.4 Å². The molecule has 1 N–H and O–H groups in total. The van der Waals surface area contributed by atoms with Gasteiger partial charge in [-0.15, -0.1) is 0 Å². The van der Waals surface area contributed by atoms with Crippen molar-refractivity contribution in [2.24, 2.45) is 0 Å². The molecule has 162 valence electrons. The minimum atomic E-state index is -1.18. The van der Waals surface area contributed by atoms with Gasteiger partial charge in [-0.25, -0.2) is 4.79 Å². The van der Waals surface area contributed by atoms with Gasteiger partial charge >= 0.3 is 6.03 Å². The summed E-state index contributed by atoms with van der Waals surface area (Å²) in [4.78, 5) is 41.2. The third kappa shape index (κ3) is 3.58. The zero-order chi connectivity index (χ0) is 22.2. The first-order valence-electron chi connectivity index (χ1n) is 10.1. The summed E-state index contributed by atoms with van der Waals surface area (Å²) in [5, 5.41) is 2.73. The van der Waals surface area contributed by atoms with Crippen molar-refractivity contribution in [2.75, 3.05) is 27.3 Å². The number of imide groups is 1. The van der Waals surface area contributed by atoms with Crippen molar-refractivity contribution in [1.29, 1.82) is 0 Å². The van der Waals surface area contributed by atoms with Crippen LogP contribution >= 0.6 is 0 Å². The molecule has 0 radical (unpaired) electrons. The summed E-state index contributed by atoms with van der Waals surface area (Å²) in [6, 6.07) is 12.3. The van der Waals surface area contributed by atoms with Gasteiger partial charge < -0.3 is 19.7 Å². The first-order chi connectivity index (χ1) is 14.9. The maximum absolute atomic E-state index is 13.1. The maximum Gasteiger partial charge on any atom is 0.325 e. The molecule has 0 aromatic heterocycles. The second-order valence-electron chi connectivity index (χ2n) is 7.85. The van der Waals surface area contributed by atoms with Gasteiger partial charge in [0, 0.05) is 13.1 Å². The van der Waals surface area contributed by atoms with Gasteiger partial charge in [0.2, 0.25) is 5.91 Å². The third-order valence-corrected chi connectivity index (χ3v) is 5.99. The standard InChI is InChI=1S/C23H25N3O5/c1-23(17-7-5-4-6-8-17)21(28)26(22(29)24-23)14-20(27)25-10-9-15-11-18(30-2)19(31-3)12-16(15)13-25/h4-8,11-12H,9-10,13-14H2,1-3H3,(H,24,29). The second-order valence-corrected chi connectivity index (χ2v) is 7.85. The highest BCUT2D eigenvalue weighted by atomic mass is 16.5. The predicted molar refractivity (Wildman–Crippen MR) is 113 cm³/mol. The minimum absolute atomic E-state index is 0.277. The van der Waals surface area contributed by atoms with E-state index in [1.807, 2.05) is 30.3 Å². The number of benzene rings is 2. The van der Waals surface area contributed by atoms with Crippen LogP contribution < -0.4 is 14.8 Å². The van der Waals surface area contributed by atoms with Gasteiger partial charge in [-0.1, -0.05) is 30.3 Å². The molecule has 1 unspecified atom stereocenters. The molecule has 0 bridgehead atoms. The van der Waals surface area contributed by atoms with Crippen LogP contribution in [0.5, 0.6) is 11.5 Å². The molecule has 0 saturated carbocycles. The van der Waals surface area contributed by atoms with E-state index < -0.39 is 17.5 Å². The molecule has 8 nitrogen and oxygen atoms in total. The quantitative estimate of drug-likeness (QED) is 0.744. The van der Waals surface area contributed by atoms with Crippen LogP contribution in [0.4, 0.5) is 4.79 Å². The van der Waals surface area contributed by atoms with Gasteiger partial charge in [-0.2, -0.15) is 0 Å². The zero-order valence-corrected chi connectivity index (χ0v) is 17.8. The summed E-state index contributed by atoms with van der Waals surface area (Å²) < 4.78 is 10.7. The summed E-state index contributed by atoms with van der Waals surface area (Å²) in [5.41, 5.74) is 1.55. The Bertz CT molecular complexity index is 1040. The van der Waals surface area contributed by atoms with E-state index in [2.05, 4.69) is 5.32 Å². The minimum Gasteiger partial charge on any atom is -0.493 e. The van der Waals surface area contributed by atoms with Crippen molar-refractivity contribution in [1.82, 2.24) is 15.1 Å². The van der Waals surface area contributed by atoms with Crippen LogP contribution in [0.2, 0.25) is 0 Å². The number of hydrogen-bond donors (Lipinski definition) is 1. The average Bonchev–Trinajstić information content (AvgIpc) is 3.02. The summed E-state index contributed by atoms with van der Waals surface area (Å²) in [6.45, 7) is 2.24. The molecule has 0 spiro atoms. The number of ether oxygens (including phenoxy) is 2. The molecule has 8 heteroatoms. The van der Waals surface area contributed by atoms with E-state index in [9.17, 15) is 14.4 Å². The molecule has 1 atom stereocenters. The third-order valence-electron chi connectivity index (χ3n) is 5.99. The molecule has 2 aliphatic heterocycles. The van der Waals surface area contributed by atoms with E-state index in [-0.39, 0.29) is 12.5 Å². The number of rotatable bonds is 5. The van der Waals surface area contributed by atoms with E-state index in [1.54, 1.807) is 38.2 Å². The summed E-state index contributed by atoms with van der Waals surface area (Å²) >= 11 is 0. The molecular formula is C23H25N3O5. The van der Waals surface area contributed by atoms with E-state index in [1.165, 1.54) is 0 Å². The fourth-order valence-corrected chi connectivity index (χ4v) is 4.14. The normalized spacial score (nSPS) is 20.4. The van der Waals surface area contributed by atoms with Gasteiger partial charge in [0.15, 0.2) is 11.5 Å². The molecule has 1 fully saturated rings. The molecule has 4 rings (SSSR count). The van der Waals surface area contributed by atoms with Gasteiger partial charge in [0.1, 0.15) is 12.1 Å². The van der Waals surface area contributed by atoms with Crippen LogP contribution in [0.25, 0.3) is 0 Å². The second kappa shape index (κ2) is 7.94. The molecule has 2 aromatic rings. The van der Waals surface area contributed by atoms with Crippen LogP contribution in [0.15, 0.2) is 42.5 Å². The molecule has 0 aliphatic carbocycles. The Morgan fingerprint density at radius 3 is 2.35 bits per heavy atom. The molecular weight excluding hydrogens is 398 g/mol. The summed E-state index contributed by atoms with van der Waals surface area (Å²) in [5.74, 6) is 0.547.